The number of hydrogen-bond donors (Lipinski definition) is 3. The van der Waals surface area contributed by atoms with Gasteiger partial charge in [-0.3, -0.25) is 24.4 Å². The summed E-state index contributed by atoms with van der Waals surface area (Å²) in [5.74, 6) is -0.305. The molecule has 4 heterocycles. The van der Waals surface area contributed by atoms with Crippen LogP contribution in [0.15, 0.2) is 42.2 Å². The Labute approximate surface area is 193 Å². The fourth-order valence-corrected chi connectivity index (χ4v) is 3.74. The predicted octanol–water partition coefficient (Wildman–Crippen LogP) is 3.09. The molecule has 0 bridgehead atoms. The lowest BCUT2D eigenvalue weighted by Crippen LogP contribution is -2.12. The summed E-state index contributed by atoms with van der Waals surface area (Å²) in [6, 6.07) is 5.57. The van der Waals surface area contributed by atoms with Crippen molar-refractivity contribution in [3.63, 3.8) is 0 Å². The first-order valence-electron chi connectivity index (χ1n) is 9.99. The van der Waals surface area contributed by atoms with Crippen LogP contribution in [0.3, 0.4) is 0 Å². The van der Waals surface area contributed by atoms with Crippen molar-refractivity contribution in [2.24, 2.45) is 0 Å². The summed E-state index contributed by atoms with van der Waals surface area (Å²) in [7, 11) is 0. The van der Waals surface area contributed by atoms with Gasteiger partial charge in [0.1, 0.15) is 16.4 Å². The van der Waals surface area contributed by atoms with E-state index in [1.54, 1.807) is 28.7 Å². The SMILES string of the molecule is CCOCCn1cc(NC(=O)c2csc(-c3cn[nH]c3C)n2)c(-c2ccccn2)n1.O=CO. The van der Waals surface area contributed by atoms with Gasteiger partial charge in [0, 0.05) is 30.1 Å². The molecule has 12 heteroatoms. The highest BCUT2D eigenvalue weighted by Crippen LogP contribution is 2.28. The summed E-state index contributed by atoms with van der Waals surface area (Å²) >= 11 is 1.40. The van der Waals surface area contributed by atoms with Gasteiger partial charge in [0.2, 0.25) is 0 Å². The summed E-state index contributed by atoms with van der Waals surface area (Å²) in [5, 5.41) is 23.8. The standard InChI is InChI=1S/C20H21N7O2S.CH2O2/c1-3-29-9-8-27-11-16(18(26-27)15-6-4-5-7-21-15)23-19(28)17-12-30-20(24-17)14-10-22-25-13(14)2;2-1-3/h4-7,10-12H,3,8-9H2,1-2H3,(H,22,25)(H,23,28);1H,(H,2,3). The van der Waals surface area contributed by atoms with Gasteiger partial charge in [0.05, 0.1) is 36.3 Å². The number of nitrogens with zero attached hydrogens (tertiary/aromatic N) is 5. The van der Waals surface area contributed by atoms with E-state index in [0.29, 0.717) is 42.5 Å². The van der Waals surface area contributed by atoms with Gasteiger partial charge < -0.3 is 15.2 Å². The van der Waals surface area contributed by atoms with Gasteiger partial charge in [-0.1, -0.05) is 6.07 Å². The summed E-state index contributed by atoms with van der Waals surface area (Å²) in [4.78, 5) is 30.1. The summed E-state index contributed by atoms with van der Waals surface area (Å²) in [6.45, 7) is 5.36. The maximum absolute atomic E-state index is 12.9. The van der Waals surface area contributed by atoms with Gasteiger partial charge in [0.25, 0.3) is 12.4 Å². The number of hydrogen-bond acceptors (Lipinski definition) is 8. The maximum atomic E-state index is 12.9. The maximum Gasteiger partial charge on any atom is 0.290 e. The fraction of sp³-hybridized carbons (Fsp3) is 0.238. The molecule has 0 aliphatic rings. The molecule has 0 aliphatic carbocycles. The number of aryl methyl sites for hydroxylation is 1. The van der Waals surface area contributed by atoms with E-state index in [9.17, 15) is 4.79 Å². The number of rotatable bonds is 8. The normalized spacial score (nSPS) is 10.4. The summed E-state index contributed by atoms with van der Waals surface area (Å²) in [5.41, 5.74) is 3.98. The van der Waals surface area contributed by atoms with Crippen molar-refractivity contribution >= 4 is 29.4 Å². The lowest BCUT2D eigenvalue weighted by Gasteiger charge is -2.03. The van der Waals surface area contributed by atoms with E-state index in [-0.39, 0.29) is 12.4 Å². The third kappa shape index (κ3) is 6.08. The lowest BCUT2D eigenvalue weighted by molar-refractivity contribution is -0.122. The van der Waals surface area contributed by atoms with Gasteiger partial charge in [-0.2, -0.15) is 10.2 Å². The highest BCUT2D eigenvalue weighted by molar-refractivity contribution is 7.13. The number of anilines is 1. The zero-order valence-corrected chi connectivity index (χ0v) is 18.9. The second-order valence-electron chi connectivity index (χ2n) is 6.57. The first kappa shape index (κ1) is 23.8. The van der Waals surface area contributed by atoms with E-state index in [0.717, 1.165) is 16.3 Å². The molecule has 3 N–H and O–H groups in total. The van der Waals surface area contributed by atoms with Crippen LogP contribution in [0, 0.1) is 6.92 Å². The average Bonchev–Trinajstić information content (AvgIpc) is 3.55. The van der Waals surface area contributed by atoms with Crippen molar-refractivity contribution in [1.29, 1.82) is 0 Å². The molecule has 0 aliphatic heterocycles. The Morgan fingerprint density at radius 1 is 1.39 bits per heavy atom. The zero-order chi connectivity index (χ0) is 23.6. The second-order valence-corrected chi connectivity index (χ2v) is 7.43. The van der Waals surface area contributed by atoms with Crippen LogP contribution in [0.2, 0.25) is 0 Å². The number of thiazole rings is 1. The minimum absolute atomic E-state index is 0.250. The van der Waals surface area contributed by atoms with E-state index in [1.807, 2.05) is 32.0 Å². The van der Waals surface area contributed by atoms with Gasteiger partial charge in [-0.15, -0.1) is 11.3 Å². The molecule has 172 valence electrons. The number of carbonyl (C=O) groups is 2. The highest BCUT2D eigenvalue weighted by atomic mass is 32.1. The van der Waals surface area contributed by atoms with Gasteiger partial charge in [-0.05, 0) is 26.0 Å². The predicted molar refractivity (Wildman–Crippen MR) is 123 cm³/mol. The molecule has 0 saturated carbocycles. The first-order chi connectivity index (χ1) is 16.1. The molecule has 4 aromatic rings. The minimum atomic E-state index is -0.305. The molecule has 33 heavy (non-hydrogen) atoms. The van der Waals surface area contributed by atoms with Crippen LogP contribution >= 0.6 is 11.3 Å². The van der Waals surface area contributed by atoms with Crippen molar-refractivity contribution in [1.82, 2.24) is 29.9 Å². The number of nitrogens with one attached hydrogen (secondary N) is 2. The number of ether oxygens (including phenoxy) is 1. The topological polar surface area (TPSA) is 148 Å². The molecule has 1 amide bonds. The molecule has 0 atom stereocenters. The molecule has 0 fully saturated rings. The number of carboxylic acid groups (broad SMARTS) is 1. The average molecular weight is 470 g/mol. The number of aromatic nitrogens is 6. The number of amides is 1. The molecule has 0 spiro atoms. The molecular formula is C21H23N7O4S. The van der Waals surface area contributed by atoms with E-state index in [1.165, 1.54) is 11.3 Å². The smallest absolute Gasteiger partial charge is 0.290 e. The largest absolute Gasteiger partial charge is 0.483 e. The molecule has 0 aromatic carbocycles. The van der Waals surface area contributed by atoms with E-state index < -0.39 is 0 Å². The van der Waals surface area contributed by atoms with E-state index >= 15 is 0 Å². The Balaban J connectivity index is 0.000000968. The molecule has 4 aromatic heterocycles. The number of carbonyl (C=O) groups excluding carboxylic acids is 1. The second kappa shape index (κ2) is 11.6. The Bertz CT molecular complexity index is 1190. The highest BCUT2D eigenvalue weighted by Gasteiger charge is 2.18. The van der Waals surface area contributed by atoms with Gasteiger partial charge in [-0.25, -0.2) is 4.98 Å². The molecule has 0 unspecified atom stereocenters. The van der Waals surface area contributed by atoms with Crippen molar-refractivity contribution in [2.75, 3.05) is 18.5 Å². The summed E-state index contributed by atoms with van der Waals surface area (Å²) in [6.07, 6.45) is 5.19. The van der Waals surface area contributed by atoms with Crippen LogP contribution in [0.5, 0.6) is 0 Å². The van der Waals surface area contributed by atoms with E-state index in [4.69, 9.17) is 14.6 Å². The Kier molecular flexibility index (Phi) is 8.38. The lowest BCUT2D eigenvalue weighted by atomic mass is 10.2. The molecule has 0 saturated heterocycles. The minimum Gasteiger partial charge on any atom is -0.483 e. The Morgan fingerprint density at radius 3 is 2.88 bits per heavy atom. The van der Waals surface area contributed by atoms with Gasteiger partial charge in [0.15, 0.2) is 0 Å². The molecule has 11 nitrogen and oxygen atoms in total. The van der Waals surface area contributed by atoms with Crippen molar-refractivity contribution in [3.05, 3.63) is 53.6 Å². The fourth-order valence-electron chi connectivity index (χ4n) is 2.88. The monoisotopic (exact) mass is 469 g/mol. The van der Waals surface area contributed by atoms with E-state index in [2.05, 4.69) is 30.6 Å². The van der Waals surface area contributed by atoms with Crippen molar-refractivity contribution in [2.45, 2.75) is 20.4 Å². The Hall–Kier alpha value is -3.90. The van der Waals surface area contributed by atoms with Crippen LogP contribution < -0.4 is 5.32 Å². The number of pyridine rings is 1. The molecular weight excluding hydrogens is 446 g/mol. The quantitative estimate of drug-likeness (QED) is 0.263. The van der Waals surface area contributed by atoms with Crippen LogP contribution in [-0.2, 0) is 16.1 Å². The van der Waals surface area contributed by atoms with Crippen LogP contribution in [0.1, 0.15) is 23.1 Å². The molecule has 0 radical (unpaired) electrons. The summed E-state index contributed by atoms with van der Waals surface area (Å²) < 4.78 is 7.16. The van der Waals surface area contributed by atoms with Crippen LogP contribution in [0.25, 0.3) is 22.0 Å². The van der Waals surface area contributed by atoms with Gasteiger partial charge >= 0.3 is 0 Å². The number of H-pyrrole nitrogens is 1. The Morgan fingerprint density at radius 2 is 2.21 bits per heavy atom. The zero-order valence-electron chi connectivity index (χ0n) is 18.1. The van der Waals surface area contributed by atoms with Crippen molar-refractivity contribution in [3.8, 4) is 22.0 Å². The third-order valence-corrected chi connectivity index (χ3v) is 5.26. The molecule has 4 rings (SSSR count). The number of aromatic amines is 1. The third-order valence-electron chi connectivity index (χ3n) is 4.38. The first-order valence-corrected chi connectivity index (χ1v) is 10.9. The van der Waals surface area contributed by atoms with Crippen LogP contribution in [-0.4, -0.2) is 60.6 Å². The van der Waals surface area contributed by atoms with Crippen LogP contribution in [0.4, 0.5) is 5.69 Å². The van der Waals surface area contributed by atoms with Crippen molar-refractivity contribution < 1.29 is 19.4 Å².